The maximum absolute atomic E-state index is 13.2. The highest BCUT2D eigenvalue weighted by atomic mass is 19.1. The molecule has 0 radical (unpaired) electrons. The van der Waals surface area contributed by atoms with Crippen molar-refractivity contribution in [1.82, 2.24) is 0 Å². The van der Waals surface area contributed by atoms with Gasteiger partial charge in [0.2, 0.25) is 0 Å². The van der Waals surface area contributed by atoms with Crippen LogP contribution in [0.15, 0.2) is 18.2 Å². The molecule has 0 saturated carbocycles. The van der Waals surface area contributed by atoms with E-state index in [1.54, 1.807) is 26.8 Å². The second kappa shape index (κ2) is 3.82. The minimum atomic E-state index is -0.646. The molecule has 0 amide bonds. The van der Waals surface area contributed by atoms with Gasteiger partial charge in [-0.05, 0) is 18.2 Å². The maximum Gasteiger partial charge on any atom is 0.168 e. The third-order valence-corrected chi connectivity index (χ3v) is 2.03. The molecular formula is C12H12FNO. The topological polar surface area (TPSA) is 40.9 Å². The first-order valence-corrected chi connectivity index (χ1v) is 4.60. The van der Waals surface area contributed by atoms with Crippen molar-refractivity contribution in [3.05, 3.63) is 35.1 Å². The molecule has 0 aliphatic heterocycles. The molecule has 0 spiro atoms. The zero-order valence-corrected chi connectivity index (χ0v) is 8.97. The Bertz CT molecular complexity index is 438. The van der Waals surface area contributed by atoms with E-state index < -0.39 is 11.2 Å². The number of nitriles is 1. The van der Waals surface area contributed by atoms with E-state index in [2.05, 4.69) is 0 Å². The molecule has 15 heavy (non-hydrogen) atoms. The monoisotopic (exact) mass is 205 g/mol. The summed E-state index contributed by atoms with van der Waals surface area (Å²) >= 11 is 0. The number of nitrogens with zero attached hydrogens (tertiary/aromatic N) is 1. The van der Waals surface area contributed by atoms with E-state index in [4.69, 9.17) is 5.26 Å². The van der Waals surface area contributed by atoms with Crippen molar-refractivity contribution in [1.29, 1.82) is 5.26 Å². The normalized spacial score (nSPS) is 10.9. The highest BCUT2D eigenvalue weighted by Gasteiger charge is 2.23. The Kier molecular flexibility index (Phi) is 2.90. The average molecular weight is 205 g/mol. The van der Waals surface area contributed by atoms with Crippen molar-refractivity contribution in [2.75, 3.05) is 0 Å². The second-order valence-electron chi connectivity index (χ2n) is 4.39. The molecule has 1 aromatic carbocycles. The Labute approximate surface area is 88.3 Å². The third kappa shape index (κ3) is 2.41. The van der Waals surface area contributed by atoms with E-state index >= 15 is 0 Å². The first kappa shape index (κ1) is 11.4. The van der Waals surface area contributed by atoms with Crippen LogP contribution in [0.2, 0.25) is 0 Å². The molecule has 0 bridgehead atoms. The smallest absolute Gasteiger partial charge is 0.168 e. The molecule has 0 fully saturated rings. The average Bonchev–Trinajstić information content (AvgIpc) is 2.15. The number of carbonyl (C=O) groups is 1. The predicted molar refractivity (Wildman–Crippen MR) is 54.9 cm³/mol. The van der Waals surface area contributed by atoms with Gasteiger partial charge in [0.1, 0.15) is 11.9 Å². The van der Waals surface area contributed by atoms with E-state index in [-0.39, 0.29) is 11.3 Å². The van der Waals surface area contributed by atoms with Crippen LogP contribution in [-0.2, 0) is 0 Å². The van der Waals surface area contributed by atoms with Crippen molar-refractivity contribution >= 4 is 5.78 Å². The SMILES string of the molecule is CC(C)(C)C(=O)c1ccc(C#N)c(F)c1. The van der Waals surface area contributed by atoms with Gasteiger partial charge < -0.3 is 0 Å². The molecule has 0 unspecified atom stereocenters. The Morgan fingerprint density at radius 2 is 2.00 bits per heavy atom. The molecule has 0 aliphatic rings. The maximum atomic E-state index is 13.2. The largest absolute Gasteiger partial charge is 0.294 e. The fraction of sp³-hybridized carbons (Fsp3) is 0.333. The van der Waals surface area contributed by atoms with Gasteiger partial charge in [0.05, 0.1) is 5.56 Å². The number of halogens is 1. The minimum absolute atomic E-state index is 0.0412. The fourth-order valence-corrected chi connectivity index (χ4v) is 1.18. The van der Waals surface area contributed by atoms with Crippen LogP contribution in [0.1, 0.15) is 36.7 Å². The lowest BCUT2D eigenvalue weighted by Crippen LogP contribution is -2.20. The lowest BCUT2D eigenvalue weighted by molar-refractivity contribution is 0.0858. The highest BCUT2D eigenvalue weighted by molar-refractivity contribution is 5.99. The van der Waals surface area contributed by atoms with Gasteiger partial charge in [0.15, 0.2) is 5.78 Å². The Hall–Kier alpha value is -1.69. The van der Waals surface area contributed by atoms with Crippen LogP contribution >= 0.6 is 0 Å². The van der Waals surface area contributed by atoms with Gasteiger partial charge in [-0.25, -0.2) is 4.39 Å². The van der Waals surface area contributed by atoms with Crippen LogP contribution < -0.4 is 0 Å². The Morgan fingerprint density at radius 3 is 2.40 bits per heavy atom. The molecule has 78 valence electrons. The molecule has 0 heterocycles. The van der Waals surface area contributed by atoms with Crippen molar-refractivity contribution in [2.45, 2.75) is 20.8 Å². The van der Waals surface area contributed by atoms with Crippen molar-refractivity contribution < 1.29 is 9.18 Å². The predicted octanol–water partition coefficient (Wildman–Crippen LogP) is 2.93. The Balaban J connectivity index is 3.15. The number of ketones is 1. The van der Waals surface area contributed by atoms with E-state index in [0.29, 0.717) is 5.56 Å². The molecule has 1 aromatic rings. The van der Waals surface area contributed by atoms with Crippen LogP contribution in [-0.4, -0.2) is 5.78 Å². The van der Waals surface area contributed by atoms with Crippen molar-refractivity contribution in [3.8, 4) is 6.07 Å². The summed E-state index contributed by atoms with van der Waals surface area (Å²) in [6.07, 6.45) is 0. The zero-order valence-electron chi connectivity index (χ0n) is 8.97. The molecule has 2 nitrogen and oxygen atoms in total. The zero-order chi connectivity index (χ0) is 11.6. The van der Waals surface area contributed by atoms with Crippen LogP contribution in [0.3, 0.4) is 0 Å². The summed E-state index contributed by atoms with van der Waals surface area (Å²) in [5, 5.41) is 8.53. The summed E-state index contributed by atoms with van der Waals surface area (Å²) in [6, 6.07) is 5.64. The van der Waals surface area contributed by atoms with E-state index in [1.807, 2.05) is 0 Å². The first-order valence-electron chi connectivity index (χ1n) is 4.60. The van der Waals surface area contributed by atoms with Crippen molar-refractivity contribution in [3.63, 3.8) is 0 Å². The van der Waals surface area contributed by atoms with E-state index in [9.17, 15) is 9.18 Å². The van der Waals surface area contributed by atoms with Gasteiger partial charge in [-0.15, -0.1) is 0 Å². The van der Waals surface area contributed by atoms with Gasteiger partial charge in [-0.3, -0.25) is 4.79 Å². The summed E-state index contributed by atoms with van der Waals surface area (Å²) in [5.41, 5.74) is -0.278. The number of Topliss-reactive ketones (excluding diaryl/α,β-unsaturated/α-hetero) is 1. The van der Waals surface area contributed by atoms with Crippen LogP contribution in [0.25, 0.3) is 0 Å². The first-order chi connectivity index (χ1) is 6.86. The number of carbonyl (C=O) groups excluding carboxylic acids is 1. The van der Waals surface area contributed by atoms with Gasteiger partial charge >= 0.3 is 0 Å². The molecule has 0 atom stereocenters. The van der Waals surface area contributed by atoms with E-state index in [1.165, 1.54) is 12.1 Å². The molecule has 3 heteroatoms. The highest BCUT2D eigenvalue weighted by Crippen LogP contribution is 2.21. The molecule has 0 aromatic heterocycles. The second-order valence-corrected chi connectivity index (χ2v) is 4.39. The number of benzene rings is 1. The molecule has 0 N–H and O–H groups in total. The third-order valence-electron chi connectivity index (χ3n) is 2.03. The summed E-state index contributed by atoms with van der Waals surface area (Å²) in [7, 11) is 0. The lowest BCUT2D eigenvalue weighted by atomic mass is 9.86. The van der Waals surface area contributed by atoms with Gasteiger partial charge in [0, 0.05) is 11.0 Å². The van der Waals surface area contributed by atoms with Gasteiger partial charge in [-0.2, -0.15) is 5.26 Å². The van der Waals surface area contributed by atoms with Crippen LogP contribution in [0.5, 0.6) is 0 Å². The molecule has 0 saturated heterocycles. The van der Waals surface area contributed by atoms with Crippen LogP contribution in [0.4, 0.5) is 4.39 Å². The number of hydrogen-bond donors (Lipinski definition) is 0. The van der Waals surface area contributed by atoms with Gasteiger partial charge in [0.25, 0.3) is 0 Å². The quantitative estimate of drug-likeness (QED) is 0.661. The fourth-order valence-electron chi connectivity index (χ4n) is 1.18. The number of rotatable bonds is 1. The lowest BCUT2D eigenvalue weighted by Gasteiger charge is -2.16. The summed E-state index contributed by atoms with van der Waals surface area (Å²) in [6.45, 7) is 5.31. The minimum Gasteiger partial charge on any atom is -0.294 e. The Morgan fingerprint density at radius 1 is 1.40 bits per heavy atom. The molecule has 1 rings (SSSR count). The number of hydrogen-bond acceptors (Lipinski definition) is 2. The summed E-state index contributed by atoms with van der Waals surface area (Å²) in [4.78, 5) is 11.8. The van der Waals surface area contributed by atoms with E-state index in [0.717, 1.165) is 6.07 Å². The van der Waals surface area contributed by atoms with Gasteiger partial charge in [-0.1, -0.05) is 20.8 Å². The molecule has 0 aliphatic carbocycles. The summed E-state index contributed by atoms with van der Waals surface area (Å²) < 4.78 is 13.2. The molecular weight excluding hydrogens is 193 g/mol. The van der Waals surface area contributed by atoms with Crippen LogP contribution in [0, 0.1) is 22.6 Å². The standard InChI is InChI=1S/C12H12FNO/c1-12(2,3)11(15)8-4-5-9(7-14)10(13)6-8/h4-6H,1-3H3. The van der Waals surface area contributed by atoms with Crippen molar-refractivity contribution in [2.24, 2.45) is 5.41 Å². The summed E-state index contributed by atoms with van der Waals surface area (Å²) in [5.74, 6) is -0.779.